The predicted octanol–water partition coefficient (Wildman–Crippen LogP) is 4.46. The number of ether oxygens (including phenoxy) is 1. The molecule has 0 saturated carbocycles. The summed E-state index contributed by atoms with van der Waals surface area (Å²) in [4.78, 5) is 11.6. The lowest BCUT2D eigenvalue weighted by Crippen LogP contribution is -2.02. The zero-order valence-electron chi connectivity index (χ0n) is 11.7. The van der Waals surface area contributed by atoms with Crippen LogP contribution in [-0.2, 0) is 6.61 Å². The molecule has 0 heterocycles. The van der Waals surface area contributed by atoms with Crippen LogP contribution in [0.3, 0.4) is 0 Å². The Balaban J connectivity index is 2.06. The topological polar surface area (TPSA) is 26.3 Å². The van der Waals surface area contributed by atoms with Crippen molar-refractivity contribution in [1.29, 1.82) is 0 Å². The Morgan fingerprint density at radius 1 is 1.10 bits per heavy atom. The summed E-state index contributed by atoms with van der Waals surface area (Å²) in [6.07, 6.45) is 0. The third-order valence-corrected chi connectivity index (χ3v) is 3.64. The first-order valence-electron chi connectivity index (χ1n) is 6.48. The number of ketones is 1. The van der Waals surface area contributed by atoms with Gasteiger partial charge < -0.3 is 4.74 Å². The van der Waals surface area contributed by atoms with Gasteiger partial charge in [-0.05, 0) is 43.2 Å². The Hall–Kier alpha value is -1.61. The van der Waals surface area contributed by atoms with Crippen molar-refractivity contribution in [2.45, 2.75) is 20.5 Å². The molecule has 0 aliphatic carbocycles. The summed E-state index contributed by atoms with van der Waals surface area (Å²) in [7, 11) is 0. The largest absolute Gasteiger partial charge is 0.489 e. The zero-order chi connectivity index (χ0) is 14.5. The minimum absolute atomic E-state index is 0.0817. The first kappa shape index (κ1) is 14.8. The van der Waals surface area contributed by atoms with Crippen LogP contribution in [0, 0.1) is 13.8 Å². The summed E-state index contributed by atoms with van der Waals surface area (Å²) in [5.74, 6) is 0.898. The van der Waals surface area contributed by atoms with E-state index >= 15 is 0 Å². The van der Waals surface area contributed by atoms with Crippen LogP contribution < -0.4 is 4.74 Å². The fraction of sp³-hybridized carbons (Fsp3) is 0.235. The monoisotopic (exact) mass is 332 g/mol. The molecule has 2 nitrogen and oxygen atoms in total. The number of halogens is 1. The average Bonchev–Trinajstić information content (AvgIpc) is 2.46. The molecule has 104 valence electrons. The average molecular weight is 333 g/mol. The first-order chi connectivity index (χ1) is 9.60. The van der Waals surface area contributed by atoms with Crippen LogP contribution in [0.4, 0.5) is 0 Å². The minimum Gasteiger partial charge on any atom is -0.489 e. The SMILES string of the molecule is Cc1ccc(COc2ccc(C(=O)CBr)cc2C)cc1. The Morgan fingerprint density at radius 2 is 1.80 bits per heavy atom. The van der Waals surface area contributed by atoms with Crippen LogP contribution in [0.1, 0.15) is 27.0 Å². The van der Waals surface area contributed by atoms with E-state index < -0.39 is 0 Å². The quantitative estimate of drug-likeness (QED) is 0.596. The first-order valence-corrected chi connectivity index (χ1v) is 7.60. The van der Waals surface area contributed by atoms with Gasteiger partial charge >= 0.3 is 0 Å². The Bertz CT molecular complexity index is 603. The molecule has 0 aliphatic heterocycles. The number of rotatable bonds is 5. The summed E-state index contributed by atoms with van der Waals surface area (Å²) >= 11 is 3.18. The van der Waals surface area contributed by atoms with Gasteiger partial charge in [0.25, 0.3) is 0 Å². The fourth-order valence-electron chi connectivity index (χ4n) is 1.91. The van der Waals surface area contributed by atoms with Gasteiger partial charge in [-0.25, -0.2) is 0 Å². The van der Waals surface area contributed by atoms with Gasteiger partial charge in [-0.3, -0.25) is 4.79 Å². The molecule has 0 aliphatic rings. The third kappa shape index (κ3) is 3.70. The van der Waals surface area contributed by atoms with Crippen molar-refractivity contribution in [2.24, 2.45) is 0 Å². The van der Waals surface area contributed by atoms with Crippen molar-refractivity contribution in [3.8, 4) is 5.75 Å². The molecule has 0 aromatic heterocycles. The van der Waals surface area contributed by atoms with Crippen molar-refractivity contribution >= 4 is 21.7 Å². The summed E-state index contributed by atoms with van der Waals surface area (Å²) < 4.78 is 5.81. The molecular weight excluding hydrogens is 316 g/mol. The molecule has 20 heavy (non-hydrogen) atoms. The molecule has 0 radical (unpaired) electrons. The van der Waals surface area contributed by atoms with Gasteiger partial charge in [-0.15, -0.1) is 0 Å². The molecule has 2 aromatic rings. The van der Waals surface area contributed by atoms with E-state index in [4.69, 9.17) is 4.74 Å². The van der Waals surface area contributed by atoms with Gasteiger partial charge in [0.05, 0.1) is 5.33 Å². The van der Waals surface area contributed by atoms with Crippen molar-refractivity contribution in [3.05, 3.63) is 64.7 Å². The molecule has 0 spiro atoms. The standard InChI is InChI=1S/C17H17BrO2/c1-12-3-5-14(6-4-12)11-20-17-8-7-15(9-13(17)2)16(19)10-18/h3-9H,10-11H2,1-2H3. The molecule has 0 unspecified atom stereocenters. The van der Waals surface area contributed by atoms with Gasteiger partial charge in [-0.1, -0.05) is 45.8 Å². The number of aryl methyl sites for hydroxylation is 2. The molecule has 3 heteroatoms. The number of hydrogen-bond donors (Lipinski definition) is 0. The summed E-state index contributed by atoms with van der Waals surface area (Å²) in [5, 5.41) is 0.343. The van der Waals surface area contributed by atoms with E-state index in [0.29, 0.717) is 17.5 Å². The Labute approximate surface area is 127 Å². The minimum atomic E-state index is 0.0817. The van der Waals surface area contributed by atoms with E-state index in [1.54, 1.807) is 6.07 Å². The molecule has 0 saturated heterocycles. The number of hydrogen-bond acceptors (Lipinski definition) is 2. The van der Waals surface area contributed by atoms with Crippen molar-refractivity contribution in [1.82, 2.24) is 0 Å². The van der Waals surface area contributed by atoms with Crippen molar-refractivity contribution in [2.75, 3.05) is 5.33 Å². The summed E-state index contributed by atoms with van der Waals surface area (Å²) in [6.45, 7) is 4.55. The zero-order valence-corrected chi connectivity index (χ0v) is 13.2. The molecule has 0 fully saturated rings. The predicted molar refractivity (Wildman–Crippen MR) is 84.8 cm³/mol. The van der Waals surface area contributed by atoms with E-state index in [9.17, 15) is 4.79 Å². The lowest BCUT2D eigenvalue weighted by molar-refractivity contribution is 0.102. The smallest absolute Gasteiger partial charge is 0.173 e. The molecule has 0 bridgehead atoms. The summed E-state index contributed by atoms with van der Waals surface area (Å²) in [6, 6.07) is 13.8. The molecular formula is C17H17BrO2. The maximum absolute atomic E-state index is 11.6. The fourth-order valence-corrected chi connectivity index (χ4v) is 2.23. The van der Waals surface area contributed by atoms with E-state index in [1.807, 2.05) is 19.1 Å². The number of Topliss-reactive ketones (excluding diaryl/α,β-unsaturated/α-hetero) is 1. The maximum atomic E-state index is 11.6. The number of carbonyl (C=O) groups is 1. The second-order valence-electron chi connectivity index (χ2n) is 4.81. The lowest BCUT2D eigenvalue weighted by Gasteiger charge is -2.10. The number of carbonyl (C=O) groups excluding carboxylic acids is 1. The van der Waals surface area contributed by atoms with Crippen LogP contribution in [0.2, 0.25) is 0 Å². The van der Waals surface area contributed by atoms with Crippen LogP contribution in [0.5, 0.6) is 5.75 Å². The lowest BCUT2D eigenvalue weighted by atomic mass is 10.1. The molecule has 0 atom stereocenters. The van der Waals surface area contributed by atoms with Crippen molar-refractivity contribution in [3.63, 3.8) is 0 Å². The highest BCUT2D eigenvalue weighted by atomic mass is 79.9. The van der Waals surface area contributed by atoms with Gasteiger partial charge in [0.2, 0.25) is 0 Å². The highest BCUT2D eigenvalue weighted by Gasteiger charge is 2.07. The van der Waals surface area contributed by atoms with Crippen LogP contribution in [-0.4, -0.2) is 11.1 Å². The summed E-state index contributed by atoms with van der Waals surface area (Å²) in [5.41, 5.74) is 4.06. The van der Waals surface area contributed by atoms with Gasteiger partial charge in [0.15, 0.2) is 5.78 Å². The van der Waals surface area contributed by atoms with Gasteiger partial charge in [0, 0.05) is 5.56 Å². The number of benzene rings is 2. The normalized spacial score (nSPS) is 10.3. The van der Waals surface area contributed by atoms with Gasteiger partial charge in [-0.2, -0.15) is 0 Å². The molecule has 0 amide bonds. The van der Waals surface area contributed by atoms with Crippen LogP contribution in [0.25, 0.3) is 0 Å². The van der Waals surface area contributed by atoms with Crippen molar-refractivity contribution < 1.29 is 9.53 Å². The van der Waals surface area contributed by atoms with Gasteiger partial charge in [0.1, 0.15) is 12.4 Å². The third-order valence-electron chi connectivity index (χ3n) is 3.13. The molecule has 2 rings (SSSR count). The second-order valence-corrected chi connectivity index (χ2v) is 5.37. The maximum Gasteiger partial charge on any atom is 0.173 e. The van der Waals surface area contributed by atoms with E-state index in [0.717, 1.165) is 16.9 Å². The van der Waals surface area contributed by atoms with E-state index in [-0.39, 0.29) is 5.78 Å². The van der Waals surface area contributed by atoms with E-state index in [2.05, 4.69) is 47.1 Å². The highest BCUT2D eigenvalue weighted by molar-refractivity contribution is 9.09. The highest BCUT2D eigenvalue weighted by Crippen LogP contribution is 2.21. The Kier molecular flexibility index (Phi) is 4.96. The number of alkyl halides is 1. The molecule has 0 N–H and O–H groups in total. The Morgan fingerprint density at radius 3 is 2.40 bits per heavy atom. The van der Waals surface area contributed by atoms with Crippen LogP contribution >= 0.6 is 15.9 Å². The van der Waals surface area contributed by atoms with E-state index in [1.165, 1.54) is 5.56 Å². The molecule has 2 aromatic carbocycles. The van der Waals surface area contributed by atoms with Crippen LogP contribution in [0.15, 0.2) is 42.5 Å². The second kappa shape index (κ2) is 6.71.